The molecule has 202 valence electrons. The van der Waals surface area contributed by atoms with Gasteiger partial charge in [-0.3, -0.25) is 0 Å². The largest absolute Gasteiger partial charge is 0.347 e. The lowest BCUT2D eigenvalue weighted by Gasteiger charge is -2.24. The van der Waals surface area contributed by atoms with Crippen molar-refractivity contribution in [3.05, 3.63) is 108 Å². The molecule has 0 amide bonds. The summed E-state index contributed by atoms with van der Waals surface area (Å²) < 4.78 is 2.36. The quantitative estimate of drug-likeness (QED) is 0.240. The van der Waals surface area contributed by atoms with Crippen molar-refractivity contribution >= 4 is 38.6 Å². The molecule has 0 radical (unpaired) electrons. The first-order chi connectivity index (χ1) is 18.7. The average Bonchev–Trinajstić information content (AvgIpc) is 3.28. The lowest BCUT2D eigenvalue weighted by atomic mass is 9.79. The molecule has 0 aliphatic carbocycles. The highest BCUT2D eigenvalue weighted by atomic mass is 15.2. The average molecular weight is 518 g/mol. The summed E-state index contributed by atoms with van der Waals surface area (Å²) >= 11 is 0. The van der Waals surface area contributed by atoms with Crippen LogP contribution in [0.25, 0.3) is 21.5 Å². The first kappa shape index (κ1) is 28.4. The molecule has 2 nitrogen and oxygen atoms in total. The standard InChI is InChI=1S/C33H33N2.2C2H6/c1-32(2)28(34(5)26-20-18-22-12-7-9-14-24(22)30(26)32)16-11-17-29-33(3,4)31-25-15-10-8-13-23(25)19-21-27(31)35(29)6;2*1-2/h7-21H,1-6H3;2*1-2H3/q+1;;. The van der Waals surface area contributed by atoms with Crippen LogP contribution in [0.2, 0.25) is 0 Å². The van der Waals surface area contributed by atoms with E-state index in [1.54, 1.807) is 0 Å². The Kier molecular flexibility index (Phi) is 7.89. The zero-order valence-corrected chi connectivity index (χ0v) is 25.6. The van der Waals surface area contributed by atoms with Gasteiger partial charge in [-0.2, -0.15) is 4.58 Å². The maximum absolute atomic E-state index is 2.36. The maximum atomic E-state index is 2.36. The third-order valence-corrected chi connectivity index (χ3v) is 8.30. The first-order valence-electron chi connectivity index (χ1n) is 14.5. The molecule has 4 aromatic carbocycles. The van der Waals surface area contributed by atoms with Crippen LogP contribution in [0.15, 0.2) is 96.7 Å². The van der Waals surface area contributed by atoms with Crippen molar-refractivity contribution in [2.24, 2.45) is 0 Å². The first-order valence-corrected chi connectivity index (χ1v) is 14.5. The van der Waals surface area contributed by atoms with Gasteiger partial charge in [0, 0.05) is 41.6 Å². The van der Waals surface area contributed by atoms with Crippen molar-refractivity contribution in [3.8, 4) is 0 Å². The molecular formula is C37H45N2+. The minimum atomic E-state index is -0.0732. The minimum absolute atomic E-state index is 0.0732. The lowest BCUT2D eigenvalue weighted by molar-refractivity contribution is -0.401. The third-order valence-electron chi connectivity index (χ3n) is 8.30. The molecule has 0 bridgehead atoms. The van der Waals surface area contributed by atoms with Crippen LogP contribution >= 0.6 is 0 Å². The molecule has 0 saturated heterocycles. The molecule has 0 N–H and O–H groups in total. The highest BCUT2D eigenvalue weighted by Crippen LogP contribution is 2.50. The van der Waals surface area contributed by atoms with Gasteiger partial charge in [0.1, 0.15) is 7.05 Å². The molecule has 2 aliphatic heterocycles. The number of benzene rings is 4. The number of anilines is 1. The van der Waals surface area contributed by atoms with Crippen LogP contribution in [-0.2, 0) is 10.8 Å². The summed E-state index contributed by atoms with van der Waals surface area (Å²) in [5, 5.41) is 5.31. The van der Waals surface area contributed by atoms with Gasteiger partial charge in [0.15, 0.2) is 5.71 Å². The number of allylic oxidation sites excluding steroid dienone is 4. The van der Waals surface area contributed by atoms with Crippen molar-refractivity contribution in [3.63, 3.8) is 0 Å². The number of hydrogen-bond acceptors (Lipinski definition) is 1. The van der Waals surface area contributed by atoms with Crippen LogP contribution < -0.4 is 4.90 Å². The topological polar surface area (TPSA) is 6.25 Å². The van der Waals surface area contributed by atoms with Gasteiger partial charge >= 0.3 is 0 Å². The molecule has 2 aliphatic rings. The summed E-state index contributed by atoms with van der Waals surface area (Å²) in [5.41, 5.74) is 7.94. The fraction of sp³-hybridized carbons (Fsp3) is 0.324. The Bertz CT molecular complexity index is 1610. The fourth-order valence-electron chi connectivity index (χ4n) is 6.62. The smallest absolute Gasteiger partial charge is 0.210 e. The summed E-state index contributed by atoms with van der Waals surface area (Å²) in [6.07, 6.45) is 6.88. The Hall–Kier alpha value is -3.65. The van der Waals surface area contributed by atoms with E-state index in [0.717, 1.165) is 0 Å². The predicted molar refractivity (Wildman–Crippen MR) is 173 cm³/mol. The lowest BCUT2D eigenvalue weighted by Crippen LogP contribution is -2.27. The maximum Gasteiger partial charge on any atom is 0.210 e. The number of rotatable bonds is 2. The van der Waals surface area contributed by atoms with E-state index in [-0.39, 0.29) is 10.8 Å². The summed E-state index contributed by atoms with van der Waals surface area (Å²) in [4.78, 5) is 2.36. The summed E-state index contributed by atoms with van der Waals surface area (Å²) in [6.45, 7) is 17.4. The van der Waals surface area contributed by atoms with Crippen LogP contribution in [0.3, 0.4) is 0 Å². The van der Waals surface area contributed by atoms with E-state index in [1.165, 1.54) is 55.5 Å². The van der Waals surface area contributed by atoms with Crippen molar-refractivity contribution in [1.29, 1.82) is 0 Å². The second kappa shape index (κ2) is 10.8. The Morgan fingerprint density at radius 3 is 1.82 bits per heavy atom. The van der Waals surface area contributed by atoms with Crippen LogP contribution in [0.4, 0.5) is 11.4 Å². The van der Waals surface area contributed by atoms with E-state index >= 15 is 0 Å². The zero-order chi connectivity index (χ0) is 28.5. The number of fused-ring (bicyclic) bond motifs is 6. The molecule has 2 heterocycles. The molecule has 0 spiro atoms. The van der Waals surface area contributed by atoms with Gasteiger partial charge in [0.25, 0.3) is 0 Å². The van der Waals surface area contributed by atoms with Gasteiger partial charge < -0.3 is 4.90 Å². The van der Waals surface area contributed by atoms with Crippen molar-refractivity contribution < 1.29 is 4.58 Å². The number of nitrogens with zero attached hydrogens (tertiary/aromatic N) is 2. The molecule has 0 aromatic heterocycles. The van der Waals surface area contributed by atoms with Crippen LogP contribution in [0, 0.1) is 0 Å². The highest BCUT2D eigenvalue weighted by Gasteiger charge is 2.44. The van der Waals surface area contributed by atoms with Crippen molar-refractivity contribution in [2.45, 2.75) is 66.2 Å². The van der Waals surface area contributed by atoms with Crippen LogP contribution in [0.1, 0.15) is 66.5 Å². The van der Waals surface area contributed by atoms with Gasteiger partial charge in [-0.1, -0.05) is 102 Å². The van der Waals surface area contributed by atoms with E-state index in [0.29, 0.717) is 0 Å². The molecule has 4 aromatic rings. The second-order valence-electron chi connectivity index (χ2n) is 11.0. The molecule has 0 fully saturated rings. The Morgan fingerprint density at radius 2 is 1.21 bits per heavy atom. The Balaban J connectivity index is 0.000000845. The molecular weight excluding hydrogens is 472 g/mol. The molecule has 0 atom stereocenters. The molecule has 39 heavy (non-hydrogen) atoms. The molecule has 0 unspecified atom stereocenters. The van der Waals surface area contributed by atoms with E-state index in [9.17, 15) is 0 Å². The Labute approximate surface area is 236 Å². The Morgan fingerprint density at radius 1 is 0.667 bits per heavy atom. The van der Waals surface area contributed by atoms with Gasteiger partial charge in [0.05, 0.1) is 5.41 Å². The van der Waals surface area contributed by atoms with Gasteiger partial charge in [-0.15, -0.1) is 0 Å². The molecule has 6 rings (SSSR count). The zero-order valence-electron chi connectivity index (χ0n) is 25.6. The van der Waals surface area contributed by atoms with Gasteiger partial charge in [-0.25, -0.2) is 0 Å². The van der Waals surface area contributed by atoms with E-state index in [2.05, 4.69) is 142 Å². The summed E-state index contributed by atoms with van der Waals surface area (Å²) in [7, 11) is 4.39. The van der Waals surface area contributed by atoms with Gasteiger partial charge in [-0.05, 0) is 59.2 Å². The minimum Gasteiger partial charge on any atom is -0.347 e. The van der Waals surface area contributed by atoms with E-state index < -0.39 is 0 Å². The fourth-order valence-corrected chi connectivity index (χ4v) is 6.62. The highest BCUT2D eigenvalue weighted by molar-refractivity contribution is 6.07. The van der Waals surface area contributed by atoms with E-state index in [1.807, 2.05) is 27.7 Å². The normalized spacial score (nSPS) is 17.7. The third kappa shape index (κ3) is 4.40. The van der Waals surface area contributed by atoms with Crippen molar-refractivity contribution in [1.82, 2.24) is 0 Å². The number of hydrogen-bond donors (Lipinski definition) is 0. The molecule has 0 saturated carbocycles. The van der Waals surface area contributed by atoms with Crippen LogP contribution in [0.5, 0.6) is 0 Å². The summed E-state index contributed by atoms with van der Waals surface area (Å²) in [5.74, 6) is 0. The van der Waals surface area contributed by atoms with Gasteiger partial charge in [0.2, 0.25) is 5.69 Å². The summed E-state index contributed by atoms with van der Waals surface area (Å²) in [6, 6.07) is 26.5. The van der Waals surface area contributed by atoms with E-state index in [4.69, 9.17) is 0 Å². The van der Waals surface area contributed by atoms with Crippen LogP contribution in [-0.4, -0.2) is 24.4 Å². The monoisotopic (exact) mass is 517 g/mol. The van der Waals surface area contributed by atoms with Crippen molar-refractivity contribution in [2.75, 3.05) is 19.0 Å². The SMILES string of the molecule is CC.CC.CN1/C(=C/C=C/C2=[N+](C)c3ccc4ccccc4c3C2(C)C)C(C)(C)c2c1ccc1ccccc21. The number of likely N-dealkylation sites (N-methyl/N-ethyl adjacent to an activating group) is 1. The second-order valence-corrected chi connectivity index (χ2v) is 11.0. The molecule has 2 heteroatoms. The predicted octanol–water partition coefficient (Wildman–Crippen LogP) is 9.92.